The SMILES string of the molecule is O=c1sc2cc(S(=O)(=O)N3CCN(Cc4ccc5c(c4)OCO5)CC3)ccc2n1Cc1ccccc1. The fraction of sp³-hybridized carbons (Fsp3) is 0.269. The van der Waals surface area contributed by atoms with Crippen molar-refractivity contribution in [1.29, 1.82) is 0 Å². The minimum Gasteiger partial charge on any atom is -0.454 e. The molecular formula is C26H25N3O5S2. The molecule has 0 N–H and O–H groups in total. The van der Waals surface area contributed by atoms with Crippen molar-refractivity contribution in [3.05, 3.63) is 87.5 Å². The number of benzene rings is 3. The third kappa shape index (κ3) is 4.41. The normalized spacial score (nSPS) is 16.6. The van der Waals surface area contributed by atoms with Crippen LogP contribution >= 0.6 is 11.3 Å². The Labute approximate surface area is 213 Å². The minimum atomic E-state index is -3.65. The monoisotopic (exact) mass is 523 g/mol. The third-order valence-corrected chi connectivity index (χ3v) is 9.47. The van der Waals surface area contributed by atoms with Crippen molar-refractivity contribution in [2.24, 2.45) is 0 Å². The molecule has 2 aliphatic heterocycles. The Morgan fingerprint density at radius 2 is 1.58 bits per heavy atom. The predicted molar refractivity (Wildman–Crippen MR) is 138 cm³/mol. The Hall–Kier alpha value is -3.18. The van der Waals surface area contributed by atoms with Crippen LogP contribution < -0.4 is 14.3 Å². The zero-order valence-corrected chi connectivity index (χ0v) is 21.1. The number of piperazine rings is 1. The number of nitrogens with zero attached hydrogens (tertiary/aromatic N) is 3. The largest absolute Gasteiger partial charge is 0.454 e. The maximum Gasteiger partial charge on any atom is 0.308 e. The van der Waals surface area contributed by atoms with Crippen molar-refractivity contribution >= 4 is 31.6 Å². The van der Waals surface area contributed by atoms with Crippen LogP contribution in [0.1, 0.15) is 11.1 Å². The molecule has 1 saturated heterocycles. The summed E-state index contributed by atoms with van der Waals surface area (Å²) in [6.45, 7) is 3.52. The van der Waals surface area contributed by atoms with E-state index in [1.165, 1.54) is 4.31 Å². The molecule has 0 radical (unpaired) electrons. The molecule has 0 unspecified atom stereocenters. The number of ether oxygens (including phenoxy) is 2. The van der Waals surface area contributed by atoms with E-state index in [1.807, 2.05) is 48.5 Å². The van der Waals surface area contributed by atoms with Crippen LogP contribution in [0.4, 0.5) is 0 Å². The van der Waals surface area contributed by atoms with E-state index in [1.54, 1.807) is 22.8 Å². The van der Waals surface area contributed by atoms with Crippen molar-refractivity contribution in [1.82, 2.24) is 13.8 Å². The summed E-state index contributed by atoms with van der Waals surface area (Å²) in [4.78, 5) is 15.0. The summed E-state index contributed by atoms with van der Waals surface area (Å²) >= 11 is 1.08. The second-order valence-electron chi connectivity index (χ2n) is 8.94. The molecule has 0 aliphatic carbocycles. The van der Waals surface area contributed by atoms with Crippen molar-refractivity contribution in [3.63, 3.8) is 0 Å². The molecule has 0 spiro atoms. The molecule has 3 heterocycles. The smallest absolute Gasteiger partial charge is 0.308 e. The van der Waals surface area contributed by atoms with Gasteiger partial charge in [0.15, 0.2) is 11.5 Å². The fourth-order valence-corrected chi connectivity index (χ4v) is 7.15. The first-order chi connectivity index (χ1) is 17.5. The standard InChI is InChI=1S/C26H25N3O5S2/c30-26-29(17-19-4-2-1-3-5-19)22-8-7-21(15-25(22)35-26)36(31,32)28-12-10-27(11-13-28)16-20-6-9-23-24(14-20)34-18-33-23/h1-9,14-15H,10-13,16-18H2. The van der Waals surface area contributed by atoms with Gasteiger partial charge in [-0.2, -0.15) is 4.31 Å². The Morgan fingerprint density at radius 3 is 2.39 bits per heavy atom. The van der Waals surface area contributed by atoms with E-state index in [4.69, 9.17) is 9.47 Å². The molecule has 0 saturated carbocycles. The zero-order chi connectivity index (χ0) is 24.7. The molecule has 3 aromatic carbocycles. The number of aromatic nitrogens is 1. The summed E-state index contributed by atoms with van der Waals surface area (Å²) in [5.74, 6) is 1.51. The van der Waals surface area contributed by atoms with Crippen LogP contribution in [0.15, 0.2) is 76.4 Å². The van der Waals surface area contributed by atoms with Crippen molar-refractivity contribution in [3.8, 4) is 11.5 Å². The summed E-state index contributed by atoms with van der Waals surface area (Å²) in [5.41, 5.74) is 2.88. The van der Waals surface area contributed by atoms with Gasteiger partial charge in [-0.25, -0.2) is 8.42 Å². The number of hydrogen-bond donors (Lipinski definition) is 0. The first-order valence-electron chi connectivity index (χ1n) is 11.8. The average molecular weight is 524 g/mol. The Kier molecular flexibility index (Phi) is 6.04. The lowest BCUT2D eigenvalue weighted by Crippen LogP contribution is -2.48. The predicted octanol–water partition coefficient (Wildman–Crippen LogP) is 3.35. The molecule has 2 aliphatic rings. The first-order valence-corrected chi connectivity index (χ1v) is 14.0. The number of thiazole rings is 1. The summed E-state index contributed by atoms with van der Waals surface area (Å²) < 4.78 is 41.5. The van der Waals surface area contributed by atoms with Crippen LogP contribution in [0.2, 0.25) is 0 Å². The highest BCUT2D eigenvalue weighted by molar-refractivity contribution is 7.89. The van der Waals surface area contributed by atoms with E-state index in [2.05, 4.69) is 4.90 Å². The molecule has 8 nitrogen and oxygen atoms in total. The van der Waals surface area contributed by atoms with Gasteiger partial charge in [0.1, 0.15) is 0 Å². The Bertz CT molecular complexity index is 1570. The van der Waals surface area contributed by atoms with E-state index in [0.29, 0.717) is 37.4 Å². The Morgan fingerprint density at radius 1 is 0.806 bits per heavy atom. The minimum absolute atomic E-state index is 0.0967. The number of rotatable bonds is 6. The summed E-state index contributed by atoms with van der Waals surface area (Å²) in [6, 6.07) is 20.7. The topological polar surface area (TPSA) is 81.1 Å². The van der Waals surface area contributed by atoms with E-state index < -0.39 is 10.0 Å². The summed E-state index contributed by atoms with van der Waals surface area (Å²) in [6.07, 6.45) is 0. The lowest BCUT2D eigenvalue weighted by molar-refractivity contribution is 0.173. The van der Waals surface area contributed by atoms with Crippen molar-refractivity contribution in [2.75, 3.05) is 33.0 Å². The van der Waals surface area contributed by atoms with Gasteiger partial charge < -0.3 is 9.47 Å². The van der Waals surface area contributed by atoms with Gasteiger partial charge in [0.25, 0.3) is 0 Å². The van der Waals surface area contributed by atoms with Gasteiger partial charge in [-0.05, 0) is 41.5 Å². The van der Waals surface area contributed by atoms with Crippen LogP contribution in [-0.4, -0.2) is 55.2 Å². The van der Waals surface area contributed by atoms with E-state index >= 15 is 0 Å². The van der Waals surface area contributed by atoms with Gasteiger partial charge in [-0.3, -0.25) is 14.3 Å². The second-order valence-corrected chi connectivity index (χ2v) is 11.9. The molecular weight excluding hydrogens is 498 g/mol. The van der Waals surface area contributed by atoms with E-state index in [9.17, 15) is 13.2 Å². The molecule has 186 valence electrons. The van der Waals surface area contributed by atoms with Crippen LogP contribution in [0.25, 0.3) is 10.2 Å². The lowest BCUT2D eigenvalue weighted by Gasteiger charge is -2.34. The number of fused-ring (bicyclic) bond motifs is 2. The number of hydrogen-bond acceptors (Lipinski definition) is 7. The highest BCUT2D eigenvalue weighted by Gasteiger charge is 2.29. The maximum absolute atomic E-state index is 13.4. The maximum atomic E-state index is 13.4. The van der Waals surface area contributed by atoms with Gasteiger partial charge in [-0.1, -0.05) is 47.7 Å². The second kappa shape index (κ2) is 9.36. The lowest BCUT2D eigenvalue weighted by atomic mass is 10.2. The Balaban J connectivity index is 1.15. The molecule has 0 amide bonds. The summed E-state index contributed by atoms with van der Waals surface area (Å²) in [5, 5.41) is 0. The van der Waals surface area contributed by atoms with Gasteiger partial charge in [0, 0.05) is 32.7 Å². The molecule has 0 atom stereocenters. The van der Waals surface area contributed by atoms with E-state index in [-0.39, 0.29) is 16.6 Å². The molecule has 0 bridgehead atoms. The summed E-state index contributed by atoms with van der Waals surface area (Å²) in [7, 11) is -3.65. The fourth-order valence-electron chi connectivity index (χ4n) is 4.70. The zero-order valence-electron chi connectivity index (χ0n) is 19.5. The van der Waals surface area contributed by atoms with Gasteiger partial charge in [-0.15, -0.1) is 0 Å². The molecule has 36 heavy (non-hydrogen) atoms. The number of sulfonamides is 1. The average Bonchev–Trinajstić information content (AvgIpc) is 3.48. The van der Waals surface area contributed by atoms with Crippen molar-refractivity contribution in [2.45, 2.75) is 18.0 Å². The quantitative estimate of drug-likeness (QED) is 0.386. The van der Waals surface area contributed by atoms with Crippen LogP contribution in [0.3, 0.4) is 0 Å². The van der Waals surface area contributed by atoms with Gasteiger partial charge in [0.05, 0.1) is 21.7 Å². The molecule has 6 rings (SSSR count). The van der Waals surface area contributed by atoms with Crippen LogP contribution in [0.5, 0.6) is 11.5 Å². The van der Waals surface area contributed by atoms with Gasteiger partial charge >= 0.3 is 4.87 Å². The van der Waals surface area contributed by atoms with E-state index in [0.717, 1.165) is 46.0 Å². The molecule has 1 aromatic heterocycles. The molecule has 1 fully saturated rings. The highest BCUT2D eigenvalue weighted by Crippen LogP contribution is 2.33. The third-order valence-electron chi connectivity index (χ3n) is 6.64. The molecule has 4 aromatic rings. The highest BCUT2D eigenvalue weighted by atomic mass is 32.2. The van der Waals surface area contributed by atoms with Crippen LogP contribution in [0, 0.1) is 0 Å². The first kappa shape index (κ1) is 23.2. The van der Waals surface area contributed by atoms with Gasteiger partial charge in [0.2, 0.25) is 16.8 Å². The van der Waals surface area contributed by atoms with Crippen molar-refractivity contribution < 1.29 is 17.9 Å². The van der Waals surface area contributed by atoms with Crippen LogP contribution in [-0.2, 0) is 23.1 Å². The molecule has 10 heteroatoms.